The van der Waals surface area contributed by atoms with Crippen LogP contribution >= 0.6 is 0 Å². The SMILES string of the molecule is CCc1cccc(OCCn2cnc3ccc(C)cc3c2=O)c1. The molecule has 0 N–H and O–H groups in total. The second kappa shape index (κ2) is 6.65. The topological polar surface area (TPSA) is 44.1 Å². The first kappa shape index (κ1) is 15.3. The molecule has 1 heterocycles. The Kier molecular flexibility index (Phi) is 4.42. The second-order valence-electron chi connectivity index (χ2n) is 5.61. The molecule has 4 nitrogen and oxygen atoms in total. The number of benzene rings is 2. The summed E-state index contributed by atoms with van der Waals surface area (Å²) in [5.41, 5.74) is 3.00. The van der Waals surface area contributed by atoms with Crippen molar-refractivity contribution in [3.05, 3.63) is 70.3 Å². The van der Waals surface area contributed by atoms with Crippen molar-refractivity contribution in [1.82, 2.24) is 9.55 Å². The van der Waals surface area contributed by atoms with E-state index in [1.807, 2.05) is 43.3 Å². The summed E-state index contributed by atoms with van der Waals surface area (Å²) in [5.74, 6) is 0.835. The zero-order valence-corrected chi connectivity index (χ0v) is 13.5. The fraction of sp³-hybridized carbons (Fsp3) is 0.263. The van der Waals surface area contributed by atoms with Crippen LogP contribution in [-0.4, -0.2) is 16.2 Å². The molecular weight excluding hydrogens is 288 g/mol. The first-order valence-corrected chi connectivity index (χ1v) is 7.85. The van der Waals surface area contributed by atoms with E-state index in [2.05, 4.69) is 18.0 Å². The zero-order chi connectivity index (χ0) is 16.2. The summed E-state index contributed by atoms with van der Waals surface area (Å²) in [6.07, 6.45) is 2.57. The maximum absolute atomic E-state index is 12.5. The fourth-order valence-electron chi connectivity index (χ4n) is 2.55. The van der Waals surface area contributed by atoms with Gasteiger partial charge in [-0.25, -0.2) is 4.98 Å². The molecule has 3 aromatic rings. The number of fused-ring (bicyclic) bond motifs is 1. The molecule has 0 bridgehead atoms. The van der Waals surface area contributed by atoms with E-state index in [0.29, 0.717) is 18.5 Å². The number of ether oxygens (including phenoxy) is 1. The van der Waals surface area contributed by atoms with Gasteiger partial charge in [0.1, 0.15) is 12.4 Å². The van der Waals surface area contributed by atoms with Crippen LogP contribution in [0.2, 0.25) is 0 Å². The van der Waals surface area contributed by atoms with E-state index in [-0.39, 0.29) is 5.56 Å². The normalized spacial score (nSPS) is 10.9. The Bertz CT molecular complexity index is 884. The zero-order valence-electron chi connectivity index (χ0n) is 13.5. The lowest BCUT2D eigenvalue weighted by molar-refractivity contribution is 0.296. The summed E-state index contributed by atoms with van der Waals surface area (Å²) in [5, 5.41) is 0.653. The molecule has 118 valence electrons. The lowest BCUT2D eigenvalue weighted by atomic mass is 10.2. The molecule has 1 aromatic heterocycles. The highest BCUT2D eigenvalue weighted by Crippen LogP contribution is 2.14. The maximum atomic E-state index is 12.5. The number of nitrogens with zero attached hydrogens (tertiary/aromatic N) is 2. The summed E-state index contributed by atoms with van der Waals surface area (Å²) >= 11 is 0. The highest BCUT2D eigenvalue weighted by Gasteiger charge is 2.04. The molecular formula is C19H20N2O2. The molecule has 0 fully saturated rings. The fourth-order valence-corrected chi connectivity index (χ4v) is 2.55. The van der Waals surface area contributed by atoms with Crippen LogP contribution in [-0.2, 0) is 13.0 Å². The minimum atomic E-state index is -0.0235. The molecule has 0 spiro atoms. The molecule has 0 aliphatic carbocycles. The standard InChI is InChI=1S/C19H20N2O2/c1-3-15-5-4-6-16(12-15)23-10-9-21-13-20-18-8-7-14(2)11-17(18)19(21)22/h4-8,11-13H,3,9-10H2,1-2H3. The quantitative estimate of drug-likeness (QED) is 0.726. The van der Waals surface area contributed by atoms with Gasteiger partial charge < -0.3 is 4.74 Å². The number of aryl methyl sites for hydroxylation is 2. The van der Waals surface area contributed by atoms with Crippen LogP contribution in [0.15, 0.2) is 53.6 Å². The Labute approximate surface area is 135 Å². The molecule has 0 aliphatic heterocycles. The van der Waals surface area contributed by atoms with Gasteiger partial charge in [-0.2, -0.15) is 0 Å². The van der Waals surface area contributed by atoms with Crippen molar-refractivity contribution in [2.45, 2.75) is 26.8 Å². The van der Waals surface area contributed by atoms with E-state index in [9.17, 15) is 4.79 Å². The second-order valence-corrected chi connectivity index (χ2v) is 5.61. The van der Waals surface area contributed by atoms with E-state index in [0.717, 1.165) is 23.3 Å². The third kappa shape index (κ3) is 3.42. The smallest absolute Gasteiger partial charge is 0.261 e. The molecule has 0 saturated heterocycles. The Morgan fingerprint density at radius 3 is 2.87 bits per heavy atom. The van der Waals surface area contributed by atoms with Gasteiger partial charge in [0.15, 0.2) is 0 Å². The number of hydrogen-bond donors (Lipinski definition) is 0. The van der Waals surface area contributed by atoms with Crippen molar-refractivity contribution in [3.63, 3.8) is 0 Å². The Balaban J connectivity index is 1.74. The molecule has 4 heteroatoms. The molecule has 0 amide bonds. The van der Waals surface area contributed by atoms with Crippen molar-refractivity contribution in [2.75, 3.05) is 6.61 Å². The van der Waals surface area contributed by atoms with Crippen LogP contribution < -0.4 is 10.3 Å². The summed E-state index contributed by atoms with van der Waals surface area (Å²) in [6.45, 7) is 5.00. The van der Waals surface area contributed by atoms with Gasteiger partial charge in [0, 0.05) is 0 Å². The summed E-state index contributed by atoms with van der Waals surface area (Å²) in [7, 11) is 0. The van der Waals surface area contributed by atoms with Gasteiger partial charge in [-0.15, -0.1) is 0 Å². The molecule has 3 rings (SSSR count). The van der Waals surface area contributed by atoms with Crippen LogP contribution in [0.25, 0.3) is 10.9 Å². The lowest BCUT2D eigenvalue weighted by Crippen LogP contribution is -2.23. The predicted octanol–water partition coefficient (Wildman–Crippen LogP) is 3.35. The van der Waals surface area contributed by atoms with Gasteiger partial charge in [-0.1, -0.05) is 30.7 Å². The first-order chi connectivity index (χ1) is 11.2. The molecule has 0 saturated carbocycles. The number of hydrogen-bond acceptors (Lipinski definition) is 3. The van der Waals surface area contributed by atoms with Crippen molar-refractivity contribution in [2.24, 2.45) is 0 Å². The van der Waals surface area contributed by atoms with Gasteiger partial charge >= 0.3 is 0 Å². The highest BCUT2D eigenvalue weighted by molar-refractivity contribution is 5.77. The first-order valence-electron chi connectivity index (χ1n) is 7.85. The van der Waals surface area contributed by atoms with Crippen LogP contribution in [0.5, 0.6) is 5.75 Å². The van der Waals surface area contributed by atoms with E-state index in [1.165, 1.54) is 5.56 Å². The summed E-state index contributed by atoms with van der Waals surface area (Å²) < 4.78 is 7.36. The van der Waals surface area contributed by atoms with E-state index in [1.54, 1.807) is 10.9 Å². The molecule has 0 atom stereocenters. The van der Waals surface area contributed by atoms with E-state index >= 15 is 0 Å². The predicted molar refractivity (Wildman–Crippen MR) is 92.1 cm³/mol. The minimum absolute atomic E-state index is 0.0235. The number of aromatic nitrogens is 2. The highest BCUT2D eigenvalue weighted by atomic mass is 16.5. The van der Waals surface area contributed by atoms with Gasteiger partial charge in [-0.3, -0.25) is 9.36 Å². The van der Waals surface area contributed by atoms with Crippen LogP contribution in [0.3, 0.4) is 0 Å². The van der Waals surface area contributed by atoms with Crippen molar-refractivity contribution in [3.8, 4) is 5.75 Å². The lowest BCUT2D eigenvalue weighted by Gasteiger charge is -2.10. The average molecular weight is 308 g/mol. The summed E-state index contributed by atoms with van der Waals surface area (Å²) in [6, 6.07) is 13.8. The Morgan fingerprint density at radius 1 is 1.17 bits per heavy atom. The molecule has 23 heavy (non-hydrogen) atoms. The Morgan fingerprint density at radius 2 is 2.04 bits per heavy atom. The number of rotatable bonds is 5. The van der Waals surface area contributed by atoms with E-state index in [4.69, 9.17) is 4.74 Å². The van der Waals surface area contributed by atoms with E-state index < -0.39 is 0 Å². The molecule has 2 aromatic carbocycles. The third-order valence-corrected chi connectivity index (χ3v) is 3.89. The van der Waals surface area contributed by atoms with Gasteiger partial charge in [0.05, 0.1) is 23.8 Å². The van der Waals surface area contributed by atoms with Gasteiger partial charge in [0.2, 0.25) is 0 Å². The largest absolute Gasteiger partial charge is 0.492 e. The molecule has 0 radical (unpaired) electrons. The van der Waals surface area contributed by atoms with Gasteiger partial charge in [-0.05, 0) is 43.2 Å². The van der Waals surface area contributed by atoms with Crippen LogP contribution in [0.1, 0.15) is 18.1 Å². The van der Waals surface area contributed by atoms with Crippen LogP contribution in [0.4, 0.5) is 0 Å². The van der Waals surface area contributed by atoms with Gasteiger partial charge in [0.25, 0.3) is 5.56 Å². The van der Waals surface area contributed by atoms with Crippen molar-refractivity contribution >= 4 is 10.9 Å². The third-order valence-electron chi connectivity index (χ3n) is 3.89. The van der Waals surface area contributed by atoms with Crippen molar-refractivity contribution < 1.29 is 4.74 Å². The summed E-state index contributed by atoms with van der Waals surface area (Å²) in [4.78, 5) is 16.8. The monoisotopic (exact) mass is 308 g/mol. The molecule has 0 unspecified atom stereocenters. The molecule has 0 aliphatic rings. The van der Waals surface area contributed by atoms with Crippen molar-refractivity contribution in [1.29, 1.82) is 0 Å². The average Bonchev–Trinajstić information content (AvgIpc) is 2.57. The Hall–Kier alpha value is -2.62. The van der Waals surface area contributed by atoms with Crippen LogP contribution in [0, 0.1) is 6.92 Å². The maximum Gasteiger partial charge on any atom is 0.261 e. The minimum Gasteiger partial charge on any atom is -0.492 e.